The summed E-state index contributed by atoms with van der Waals surface area (Å²) < 4.78 is 20.0. The molecule has 0 aromatic heterocycles. The molecule has 3 aliphatic rings. The molecule has 3 N–H and O–H groups in total. The summed E-state index contributed by atoms with van der Waals surface area (Å²) >= 11 is 0. The molecule has 3 fully saturated rings. The summed E-state index contributed by atoms with van der Waals surface area (Å²) in [5, 5.41) is 37.4. The van der Waals surface area contributed by atoms with Gasteiger partial charge in [-0.3, -0.25) is 0 Å². The summed E-state index contributed by atoms with van der Waals surface area (Å²) in [5.74, 6) is 0. The third-order valence-electron chi connectivity index (χ3n) is 10.7. The first-order valence-electron chi connectivity index (χ1n) is 17.4. The third-order valence-corrected chi connectivity index (χ3v) is 10.7. The smallest absolute Gasteiger partial charge is 0.158 e. The number of rotatable bonds is 10. The van der Waals surface area contributed by atoms with Crippen molar-refractivity contribution in [1.29, 1.82) is 0 Å². The second-order valence-electron chi connectivity index (χ2n) is 18.0. The largest absolute Gasteiger partial charge is 0.378 e. The molecule has 3 heterocycles. The molecule has 0 spiro atoms. The van der Waals surface area contributed by atoms with E-state index in [9.17, 15) is 15.6 Å². The van der Waals surface area contributed by atoms with Crippen molar-refractivity contribution in [1.82, 2.24) is 15.2 Å². The zero-order valence-corrected chi connectivity index (χ0v) is 30.4. The van der Waals surface area contributed by atoms with Gasteiger partial charge in [0.1, 0.15) is 0 Å². The maximum Gasteiger partial charge on any atom is 0.158 e. The Morgan fingerprint density at radius 2 is 0.864 bits per heavy atom. The molecule has 3 unspecified atom stereocenters. The van der Waals surface area contributed by atoms with Crippen LogP contribution in [0.25, 0.3) is 0 Å². The fraction of sp³-hybridized carbons (Fsp3) is 1.00. The van der Waals surface area contributed by atoms with Crippen LogP contribution in [0.2, 0.25) is 0 Å². The Balaban J connectivity index is 1.64. The molecule has 44 heavy (non-hydrogen) atoms. The van der Waals surface area contributed by atoms with E-state index in [1.807, 2.05) is 0 Å². The van der Waals surface area contributed by atoms with Crippen molar-refractivity contribution < 1.29 is 29.8 Å². The van der Waals surface area contributed by atoms with Crippen LogP contribution < -0.4 is 0 Å². The minimum Gasteiger partial charge on any atom is -0.378 e. The van der Waals surface area contributed by atoms with Gasteiger partial charge in [0.15, 0.2) is 6.29 Å². The Labute approximate surface area is 269 Å². The Bertz CT molecular complexity index is 874. The summed E-state index contributed by atoms with van der Waals surface area (Å²) in [7, 11) is 0. The van der Waals surface area contributed by atoms with E-state index in [0.717, 1.165) is 77.0 Å². The highest BCUT2D eigenvalue weighted by atomic mass is 16.7. The molecule has 3 saturated heterocycles. The van der Waals surface area contributed by atoms with Crippen LogP contribution in [0.5, 0.6) is 0 Å². The van der Waals surface area contributed by atoms with Crippen LogP contribution in [0, 0.1) is 0 Å². The van der Waals surface area contributed by atoms with Crippen LogP contribution >= 0.6 is 0 Å². The van der Waals surface area contributed by atoms with Crippen molar-refractivity contribution in [3.63, 3.8) is 0 Å². The molecule has 260 valence electrons. The first-order valence-corrected chi connectivity index (χ1v) is 17.4. The number of nitrogens with zero attached hydrogens (tertiary/aromatic N) is 3. The van der Waals surface area contributed by atoms with Crippen LogP contribution in [0.4, 0.5) is 0 Å². The standard InChI is InChI=1S/C35H69N3O6/c1-30(2)19-16-26(23-33(7,8)36(30)39)42-22-14-13-15-29(43-27-17-20-31(3,4)37(40)34(9,10)24-27)44-28-18-21-32(5,6)38(41)35(11,12)25-28/h26-29,39-41H,13-25H2,1-12H3. The molecule has 9 heteroatoms. The van der Waals surface area contributed by atoms with Crippen LogP contribution in [0.15, 0.2) is 0 Å². The first kappa shape index (κ1) is 38.1. The van der Waals surface area contributed by atoms with E-state index in [0.29, 0.717) is 6.61 Å². The topological polar surface area (TPSA) is 98.1 Å². The summed E-state index contributed by atoms with van der Waals surface area (Å²) in [4.78, 5) is 0. The predicted octanol–water partition coefficient (Wildman–Crippen LogP) is 7.94. The van der Waals surface area contributed by atoms with Crippen LogP contribution in [0.1, 0.15) is 160 Å². The average Bonchev–Trinajstić information content (AvgIpc) is 3.07. The lowest BCUT2D eigenvalue weighted by Gasteiger charge is -2.42. The molecule has 3 rings (SSSR count). The highest BCUT2D eigenvalue weighted by molar-refractivity contribution is 4.96. The normalized spacial score (nSPS) is 33.2. The fourth-order valence-electron chi connectivity index (χ4n) is 8.19. The maximum absolute atomic E-state index is 11.0. The van der Waals surface area contributed by atoms with Crippen molar-refractivity contribution in [3.05, 3.63) is 0 Å². The molecule has 0 aromatic carbocycles. The highest BCUT2D eigenvalue weighted by Gasteiger charge is 2.45. The van der Waals surface area contributed by atoms with Gasteiger partial charge in [-0.2, -0.15) is 15.2 Å². The molecule has 0 saturated carbocycles. The van der Waals surface area contributed by atoms with Gasteiger partial charge >= 0.3 is 0 Å². The average molecular weight is 628 g/mol. The lowest BCUT2D eigenvalue weighted by Crippen LogP contribution is -2.52. The number of unbranched alkanes of at least 4 members (excludes halogenated alkanes) is 1. The van der Waals surface area contributed by atoms with Gasteiger partial charge in [0.25, 0.3) is 0 Å². The third kappa shape index (κ3) is 9.60. The molecule has 0 aliphatic carbocycles. The number of ether oxygens (including phenoxy) is 3. The van der Waals surface area contributed by atoms with E-state index in [1.54, 1.807) is 0 Å². The molecular formula is C35H69N3O6. The van der Waals surface area contributed by atoms with Crippen molar-refractivity contribution in [2.45, 2.75) is 218 Å². The number of hydroxylamine groups is 6. The second kappa shape index (κ2) is 14.0. The summed E-state index contributed by atoms with van der Waals surface area (Å²) in [6.45, 7) is 25.8. The molecule has 0 amide bonds. The van der Waals surface area contributed by atoms with Crippen LogP contribution in [-0.4, -0.2) is 95.3 Å². The van der Waals surface area contributed by atoms with E-state index in [4.69, 9.17) is 14.2 Å². The van der Waals surface area contributed by atoms with Crippen molar-refractivity contribution >= 4 is 0 Å². The maximum atomic E-state index is 11.0. The molecule has 0 aromatic rings. The molecule has 3 aliphatic heterocycles. The SMILES string of the molecule is CC1(C)CCC(OCCCCC(OC2CCC(C)(C)N(O)C(C)(C)C2)OC2CCC(C)(C)N(O)C(C)(C)C2)CC(C)(C)N1O. The predicted molar refractivity (Wildman–Crippen MR) is 174 cm³/mol. The molecule has 9 nitrogen and oxygen atoms in total. The first-order chi connectivity index (χ1) is 20.0. The molecular weight excluding hydrogens is 558 g/mol. The van der Waals surface area contributed by atoms with E-state index in [-0.39, 0.29) is 46.8 Å². The lowest BCUT2D eigenvalue weighted by atomic mass is 9.95. The molecule has 3 atom stereocenters. The van der Waals surface area contributed by atoms with Crippen LogP contribution in [-0.2, 0) is 14.2 Å². The zero-order valence-electron chi connectivity index (χ0n) is 30.4. The Morgan fingerprint density at radius 1 is 0.523 bits per heavy atom. The van der Waals surface area contributed by atoms with E-state index in [1.165, 1.54) is 15.2 Å². The fourth-order valence-corrected chi connectivity index (χ4v) is 8.19. The van der Waals surface area contributed by atoms with Gasteiger partial charge in [0.2, 0.25) is 0 Å². The van der Waals surface area contributed by atoms with Gasteiger partial charge in [0.05, 0.1) is 18.3 Å². The monoisotopic (exact) mass is 628 g/mol. The summed E-state index contributed by atoms with van der Waals surface area (Å²) in [6.07, 6.45) is 9.77. The van der Waals surface area contributed by atoms with Gasteiger partial charge in [0, 0.05) is 39.8 Å². The molecule has 0 radical (unpaired) electrons. The summed E-state index contributed by atoms with van der Waals surface area (Å²) in [6, 6.07) is 0. The Hall–Kier alpha value is -0.360. The number of hydrogen-bond acceptors (Lipinski definition) is 9. The van der Waals surface area contributed by atoms with Gasteiger partial charge in [-0.25, -0.2) is 0 Å². The van der Waals surface area contributed by atoms with Gasteiger partial charge in [-0.05, 0) is 160 Å². The lowest BCUT2D eigenvalue weighted by molar-refractivity contribution is -0.237. The quantitative estimate of drug-likeness (QED) is 0.165. The number of hydrogen-bond donors (Lipinski definition) is 3. The second-order valence-corrected chi connectivity index (χ2v) is 18.0. The van der Waals surface area contributed by atoms with E-state index < -0.39 is 11.1 Å². The van der Waals surface area contributed by atoms with E-state index >= 15 is 0 Å². The van der Waals surface area contributed by atoms with Crippen molar-refractivity contribution in [2.75, 3.05) is 6.61 Å². The summed E-state index contributed by atoms with van der Waals surface area (Å²) in [5.41, 5.74) is -2.10. The van der Waals surface area contributed by atoms with Crippen LogP contribution in [0.3, 0.4) is 0 Å². The highest BCUT2D eigenvalue weighted by Crippen LogP contribution is 2.40. The van der Waals surface area contributed by atoms with Crippen molar-refractivity contribution in [2.24, 2.45) is 0 Å². The zero-order chi connectivity index (χ0) is 33.4. The minimum atomic E-state index is -0.417. The van der Waals surface area contributed by atoms with E-state index in [2.05, 4.69) is 83.1 Å². The van der Waals surface area contributed by atoms with Gasteiger partial charge < -0.3 is 29.8 Å². The van der Waals surface area contributed by atoms with Crippen molar-refractivity contribution in [3.8, 4) is 0 Å². The Morgan fingerprint density at radius 3 is 1.25 bits per heavy atom. The molecule has 0 bridgehead atoms. The van der Waals surface area contributed by atoms with Gasteiger partial charge in [-0.1, -0.05) is 0 Å². The van der Waals surface area contributed by atoms with Gasteiger partial charge in [-0.15, -0.1) is 0 Å². The minimum absolute atomic E-state index is 0.0229. The Kier molecular flexibility index (Phi) is 12.1.